The Kier molecular flexibility index (Phi) is 4.38. The number of hydrogen-bond donors (Lipinski definition) is 1. The monoisotopic (exact) mass is 367 g/mol. The van der Waals surface area contributed by atoms with E-state index >= 15 is 0 Å². The molecule has 0 bridgehead atoms. The van der Waals surface area contributed by atoms with Crippen LogP contribution in [-0.2, 0) is 14.4 Å². The van der Waals surface area contributed by atoms with E-state index in [1.54, 1.807) is 0 Å². The average molecular weight is 367 g/mol. The smallest absolute Gasteiger partial charge is 0.246 e. The van der Waals surface area contributed by atoms with Crippen molar-refractivity contribution in [2.24, 2.45) is 11.8 Å². The van der Waals surface area contributed by atoms with Crippen LogP contribution in [0.25, 0.3) is 11.3 Å². The van der Waals surface area contributed by atoms with Crippen molar-refractivity contribution in [3.63, 3.8) is 0 Å². The van der Waals surface area contributed by atoms with Gasteiger partial charge < -0.3 is 5.32 Å². The van der Waals surface area contributed by atoms with Crippen LogP contribution in [0.5, 0.6) is 0 Å². The maximum atomic E-state index is 12.4. The molecule has 7 heteroatoms. The zero-order valence-electron chi connectivity index (χ0n) is 13.9. The highest BCUT2D eigenvalue weighted by atomic mass is 32.1. The first-order valence-electron chi connectivity index (χ1n) is 8.44. The zero-order valence-corrected chi connectivity index (χ0v) is 14.7. The number of likely N-dealkylation sites (tertiary alicyclic amines) is 1. The third kappa shape index (κ3) is 3.06. The molecule has 0 radical (unpaired) electrons. The molecule has 1 aliphatic heterocycles. The second-order valence-corrected chi connectivity index (χ2v) is 7.23. The van der Waals surface area contributed by atoms with Crippen LogP contribution in [0.4, 0.5) is 5.13 Å². The van der Waals surface area contributed by atoms with Gasteiger partial charge in [0.15, 0.2) is 5.13 Å². The van der Waals surface area contributed by atoms with Gasteiger partial charge in [0.2, 0.25) is 17.7 Å². The summed E-state index contributed by atoms with van der Waals surface area (Å²) in [5, 5.41) is 5.00. The Morgan fingerprint density at radius 2 is 1.77 bits per heavy atom. The van der Waals surface area contributed by atoms with Gasteiger partial charge in [-0.15, -0.1) is 11.3 Å². The van der Waals surface area contributed by atoms with Crippen LogP contribution in [0.3, 0.4) is 0 Å². The maximum absolute atomic E-state index is 12.4. The van der Waals surface area contributed by atoms with Gasteiger partial charge in [0.1, 0.15) is 6.54 Å². The zero-order chi connectivity index (χ0) is 18.1. The molecule has 3 amide bonds. The predicted molar refractivity (Wildman–Crippen MR) is 98.3 cm³/mol. The van der Waals surface area contributed by atoms with Crippen LogP contribution in [-0.4, -0.2) is 34.2 Å². The number of nitrogens with zero attached hydrogens (tertiary/aromatic N) is 2. The largest absolute Gasteiger partial charge is 0.300 e. The molecular formula is C19H17N3O3S. The molecule has 0 spiro atoms. The second-order valence-electron chi connectivity index (χ2n) is 6.37. The fourth-order valence-corrected chi connectivity index (χ4v) is 4.14. The summed E-state index contributed by atoms with van der Waals surface area (Å²) in [6, 6.07) is 9.66. The van der Waals surface area contributed by atoms with Crippen molar-refractivity contribution in [2.75, 3.05) is 11.9 Å². The molecule has 2 heterocycles. The number of nitrogens with one attached hydrogen (secondary N) is 1. The number of anilines is 1. The van der Waals surface area contributed by atoms with Gasteiger partial charge in [-0.1, -0.05) is 42.5 Å². The summed E-state index contributed by atoms with van der Waals surface area (Å²) in [5.41, 5.74) is 1.74. The Bertz CT molecular complexity index is 864. The number of aromatic nitrogens is 1. The summed E-state index contributed by atoms with van der Waals surface area (Å²) in [5.74, 6) is -1.53. The van der Waals surface area contributed by atoms with Gasteiger partial charge in [-0.3, -0.25) is 19.3 Å². The lowest BCUT2D eigenvalue weighted by atomic mass is 9.85. The molecule has 2 unspecified atom stereocenters. The van der Waals surface area contributed by atoms with Gasteiger partial charge in [0.05, 0.1) is 17.5 Å². The fourth-order valence-electron chi connectivity index (χ4n) is 3.40. The summed E-state index contributed by atoms with van der Waals surface area (Å²) in [6.45, 7) is -0.259. The molecule has 1 aliphatic carbocycles. The van der Waals surface area contributed by atoms with E-state index in [1.165, 1.54) is 11.3 Å². The standard InChI is InChI=1S/C19H17N3O3S/c23-16(10-22-17(24)13-8-4-5-9-14(13)18(22)25)21-19-20-15(11-26-19)12-6-2-1-3-7-12/h1-7,11,13-14H,8-10H2,(H,20,21,23). The lowest BCUT2D eigenvalue weighted by Gasteiger charge is -2.14. The molecule has 6 nitrogen and oxygen atoms in total. The second kappa shape index (κ2) is 6.84. The Labute approximate surface area is 154 Å². The molecule has 2 aliphatic rings. The molecule has 1 saturated heterocycles. The van der Waals surface area contributed by atoms with Gasteiger partial charge in [0, 0.05) is 10.9 Å². The van der Waals surface area contributed by atoms with E-state index in [0.717, 1.165) is 16.2 Å². The predicted octanol–water partition coefficient (Wildman–Crippen LogP) is 2.70. The van der Waals surface area contributed by atoms with E-state index in [4.69, 9.17) is 0 Å². The Balaban J connectivity index is 1.41. The molecule has 1 fully saturated rings. The van der Waals surface area contributed by atoms with E-state index in [1.807, 2.05) is 47.9 Å². The number of amides is 3. The van der Waals surface area contributed by atoms with E-state index < -0.39 is 5.91 Å². The van der Waals surface area contributed by atoms with Crippen molar-refractivity contribution in [1.29, 1.82) is 0 Å². The molecular weight excluding hydrogens is 350 g/mol. The van der Waals surface area contributed by atoms with Gasteiger partial charge in [-0.2, -0.15) is 0 Å². The van der Waals surface area contributed by atoms with Gasteiger partial charge in [-0.25, -0.2) is 4.98 Å². The van der Waals surface area contributed by atoms with Crippen molar-refractivity contribution in [2.45, 2.75) is 12.8 Å². The number of imide groups is 1. The number of fused-ring (bicyclic) bond motifs is 1. The first-order chi connectivity index (χ1) is 12.6. The van der Waals surface area contributed by atoms with Crippen LogP contribution < -0.4 is 5.32 Å². The SMILES string of the molecule is O=C(CN1C(=O)C2CC=CCC2C1=O)Nc1nc(-c2ccccc2)cs1. The minimum Gasteiger partial charge on any atom is -0.300 e. The fraction of sp³-hybridized carbons (Fsp3) is 0.263. The highest BCUT2D eigenvalue weighted by Crippen LogP contribution is 2.35. The highest BCUT2D eigenvalue weighted by Gasteiger charge is 2.47. The first kappa shape index (κ1) is 16.7. The lowest BCUT2D eigenvalue weighted by Crippen LogP contribution is -2.38. The summed E-state index contributed by atoms with van der Waals surface area (Å²) >= 11 is 1.31. The summed E-state index contributed by atoms with van der Waals surface area (Å²) in [4.78, 5) is 42.6. The molecule has 1 N–H and O–H groups in total. The van der Waals surface area contributed by atoms with Crippen molar-refractivity contribution in [3.05, 3.63) is 47.9 Å². The number of allylic oxidation sites excluding steroid dienone is 2. The van der Waals surface area contributed by atoms with E-state index in [-0.39, 0.29) is 30.2 Å². The van der Waals surface area contributed by atoms with Gasteiger partial charge >= 0.3 is 0 Å². The quantitative estimate of drug-likeness (QED) is 0.666. The number of carbonyl (C=O) groups excluding carboxylic acids is 3. The summed E-state index contributed by atoms with van der Waals surface area (Å²) < 4.78 is 0. The first-order valence-corrected chi connectivity index (χ1v) is 9.32. The minimum atomic E-state index is -0.410. The molecule has 4 rings (SSSR count). The Morgan fingerprint density at radius 1 is 1.12 bits per heavy atom. The van der Waals surface area contributed by atoms with Gasteiger partial charge in [0.25, 0.3) is 0 Å². The number of thiazole rings is 1. The van der Waals surface area contributed by atoms with Crippen LogP contribution in [0.15, 0.2) is 47.9 Å². The molecule has 2 atom stereocenters. The molecule has 2 aromatic rings. The molecule has 1 aromatic carbocycles. The van der Waals surface area contributed by atoms with Crippen LogP contribution in [0.2, 0.25) is 0 Å². The van der Waals surface area contributed by atoms with Crippen molar-refractivity contribution in [1.82, 2.24) is 9.88 Å². The van der Waals surface area contributed by atoms with E-state index in [9.17, 15) is 14.4 Å². The maximum Gasteiger partial charge on any atom is 0.246 e. The van der Waals surface area contributed by atoms with Crippen LogP contribution >= 0.6 is 11.3 Å². The lowest BCUT2D eigenvalue weighted by molar-refractivity contribution is -0.142. The summed E-state index contributed by atoms with van der Waals surface area (Å²) in [6.07, 6.45) is 4.99. The van der Waals surface area contributed by atoms with Crippen molar-refractivity contribution >= 4 is 34.2 Å². The molecule has 1 aromatic heterocycles. The Hall–Kier alpha value is -2.80. The topological polar surface area (TPSA) is 79.4 Å². The average Bonchev–Trinajstić information content (AvgIpc) is 3.22. The van der Waals surface area contributed by atoms with Crippen molar-refractivity contribution < 1.29 is 14.4 Å². The molecule has 26 heavy (non-hydrogen) atoms. The third-order valence-electron chi connectivity index (χ3n) is 4.72. The van der Waals surface area contributed by atoms with Crippen LogP contribution in [0, 0.1) is 11.8 Å². The molecule has 0 saturated carbocycles. The highest BCUT2D eigenvalue weighted by molar-refractivity contribution is 7.14. The Morgan fingerprint density at radius 3 is 2.42 bits per heavy atom. The molecule has 132 valence electrons. The summed E-state index contributed by atoms with van der Waals surface area (Å²) in [7, 11) is 0. The van der Waals surface area contributed by atoms with Crippen LogP contribution in [0.1, 0.15) is 12.8 Å². The number of hydrogen-bond acceptors (Lipinski definition) is 5. The van der Waals surface area contributed by atoms with E-state index in [2.05, 4.69) is 10.3 Å². The third-order valence-corrected chi connectivity index (χ3v) is 5.48. The van der Waals surface area contributed by atoms with Gasteiger partial charge in [-0.05, 0) is 12.8 Å². The normalized spacial score (nSPS) is 21.8. The number of carbonyl (C=O) groups is 3. The minimum absolute atomic E-state index is 0.247. The number of rotatable bonds is 4. The van der Waals surface area contributed by atoms with E-state index in [0.29, 0.717) is 18.0 Å². The van der Waals surface area contributed by atoms with Crippen molar-refractivity contribution in [3.8, 4) is 11.3 Å². The number of benzene rings is 1.